The molecule has 4 heterocycles. The Morgan fingerprint density at radius 2 is 1.63 bits per heavy atom. The second kappa shape index (κ2) is 10.7. The molecule has 2 atom stereocenters. The Morgan fingerprint density at radius 3 is 2.42 bits per heavy atom. The summed E-state index contributed by atoms with van der Waals surface area (Å²) in [5, 5.41) is 6.14. The van der Waals surface area contributed by atoms with Crippen LogP contribution in [0.1, 0.15) is 31.7 Å². The summed E-state index contributed by atoms with van der Waals surface area (Å²) in [5.74, 6) is 1.50. The van der Waals surface area contributed by atoms with Gasteiger partial charge in [-0.25, -0.2) is 4.98 Å². The van der Waals surface area contributed by atoms with Gasteiger partial charge in [-0.05, 0) is 48.8 Å². The van der Waals surface area contributed by atoms with Gasteiger partial charge in [0.05, 0.1) is 6.04 Å². The number of carbonyl (C=O) groups is 2. The lowest BCUT2D eigenvalue weighted by atomic mass is 9.82. The van der Waals surface area contributed by atoms with Crippen LogP contribution in [-0.4, -0.2) is 77.8 Å². The smallest absolute Gasteiger partial charge is 0.219 e. The van der Waals surface area contributed by atoms with Crippen LogP contribution in [0, 0.1) is 5.92 Å². The Hall–Kier alpha value is -3.45. The van der Waals surface area contributed by atoms with Gasteiger partial charge in [0.2, 0.25) is 5.91 Å². The molecule has 7 heteroatoms. The topological polar surface area (TPSA) is 68.8 Å². The Labute approximate surface area is 224 Å². The molecule has 7 nitrogen and oxygen atoms in total. The van der Waals surface area contributed by atoms with Crippen molar-refractivity contribution in [3.8, 4) is 0 Å². The van der Waals surface area contributed by atoms with Crippen molar-refractivity contribution in [1.29, 1.82) is 0 Å². The van der Waals surface area contributed by atoms with Gasteiger partial charge in [-0.2, -0.15) is 0 Å². The SMILES string of the molecule is CC(=O)N1CCC(C(=O)C(C2CCc3ccccc3N2)N2CCN(c3nccc4ccccc34)CC2)CC1. The number of likely N-dealkylation sites (tertiary alicyclic amines) is 1. The molecule has 6 rings (SSSR count). The minimum atomic E-state index is -0.167. The standard InChI is InChI=1S/C31H37N5O2/c1-22(37)34-16-13-25(14-17-34)30(38)29(28-11-10-24-7-3-5-9-27(24)33-28)35-18-20-36(21-19-35)31-26-8-4-2-6-23(26)12-15-32-31/h2-9,12,15,25,28-29,33H,10-11,13-14,16-21H2,1H3. The van der Waals surface area contributed by atoms with E-state index in [0.717, 1.165) is 63.4 Å². The lowest BCUT2D eigenvalue weighted by molar-refractivity contribution is -0.135. The van der Waals surface area contributed by atoms with Crippen molar-refractivity contribution >= 4 is 34.0 Å². The third kappa shape index (κ3) is 4.87. The van der Waals surface area contributed by atoms with Crippen molar-refractivity contribution in [1.82, 2.24) is 14.8 Å². The van der Waals surface area contributed by atoms with Crippen molar-refractivity contribution in [2.24, 2.45) is 5.92 Å². The van der Waals surface area contributed by atoms with Gasteiger partial charge < -0.3 is 15.1 Å². The molecule has 3 aliphatic heterocycles. The summed E-state index contributed by atoms with van der Waals surface area (Å²) in [6.45, 7) is 6.33. The number of piperazine rings is 1. The lowest BCUT2D eigenvalue weighted by Crippen LogP contribution is -2.60. The zero-order valence-electron chi connectivity index (χ0n) is 22.2. The first-order chi connectivity index (χ1) is 18.6. The third-order valence-electron chi connectivity index (χ3n) is 8.76. The Kier molecular flexibility index (Phi) is 7.02. The van der Waals surface area contributed by atoms with Crippen LogP contribution in [0.4, 0.5) is 11.5 Å². The van der Waals surface area contributed by atoms with Crippen LogP contribution in [0.5, 0.6) is 0 Å². The maximum absolute atomic E-state index is 14.2. The highest BCUT2D eigenvalue weighted by molar-refractivity contribution is 5.92. The molecule has 1 amide bonds. The third-order valence-corrected chi connectivity index (χ3v) is 8.76. The zero-order valence-corrected chi connectivity index (χ0v) is 22.2. The highest BCUT2D eigenvalue weighted by atomic mass is 16.2. The van der Waals surface area contributed by atoms with Gasteiger partial charge in [0.15, 0.2) is 5.78 Å². The molecule has 0 bridgehead atoms. The van der Waals surface area contributed by atoms with E-state index < -0.39 is 0 Å². The normalized spacial score (nSPS) is 21.6. The van der Waals surface area contributed by atoms with E-state index in [1.54, 1.807) is 6.92 Å². The van der Waals surface area contributed by atoms with Crippen molar-refractivity contribution in [2.45, 2.75) is 44.7 Å². The number of aromatic nitrogens is 1. The molecule has 0 spiro atoms. The van der Waals surface area contributed by atoms with Gasteiger partial charge in [0.25, 0.3) is 0 Å². The number of fused-ring (bicyclic) bond motifs is 2. The molecule has 0 aliphatic carbocycles. The molecule has 3 aromatic rings. The first kappa shape index (κ1) is 24.9. The maximum atomic E-state index is 14.2. The maximum Gasteiger partial charge on any atom is 0.219 e. The fourth-order valence-corrected chi connectivity index (χ4v) is 6.62. The summed E-state index contributed by atoms with van der Waals surface area (Å²) in [7, 11) is 0. The van der Waals surface area contributed by atoms with Crippen LogP contribution in [0.15, 0.2) is 60.8 Å². The van der Waals surface area contributed by atoms with E-state index in [4.69, 9.17) is 4.98 Å². The highest BCUT2D eigenvalue weighted by Gasteiger charge is 2.41. The van der Waals surface area contributed by atoms with Crippen molar-refractivity contribution < 1.29 is 9.59 Å². The van der Waals surface area contributed by atoms with Gasteiger partial charge in [0.1, 0.15) is 5.82 Å². The van der Waals surface area contributed by atoms with Crippen molar-refractivity contribution in [3.63, 3.8) is 0 Å². The van der Waals surface area contributed by atoms with Crippen LogP contribution in [0.3, 0.4) is 0 Å². The van der Waals surface area contributed by atoms with Crippen LogP contribution in [-0.2, 0) is 16.0 Å². The van der Waals surface area contributed by atoms with E-state index in [2.05, 4.69) is 69.7 Å². The first-order valence-electron chi connectivity index (χ1n) is 14.0. The summed E-state index contributed by atoms with van der Waals surface area (Å²) in [6, 6.07) is 18.9. The molecule has 1 aromatic heterocycles. The van der Waals surface area contributed by atoms with Crippen LogP contribution < -0.4 is 10.2 Å². The van der Waals surface area contributed by atoms with E-state index >= 15 is 0 Å². The molecule has 2 unspecified atom stereocenters. The average molecular weight is 512 g/mol. The number of nitrogens with one attached hydrogen (secondary N) is 1. The number of para-hydroxylation sites is 1. The summed E-state index contributed by atoms with van der Waals surface area (Å²) in [6.07, 6.45) is 5.36. The summed E-state index contributed by atoms with van der Waals surface area (Å²) in [5.41, 5.74) is 2.49. The molecule has 198 valence electrons. The van der Waals surface area contributed by atoms with Gasteiger partial charge >= 0.3 is 0 Å². The molecule has 2 fully saturated rings. The number of Topliss-reactive ketones (excluding diaryl/α,β-unsaturated/α-hetero) is 1. The van der Waals surface area contributed by atoms with Crippen LogP contribution >= 0.6 is 0 Å². The number of pyridine rings is 1. The fourth-order valence-electron chi connectivity index (χ4n) is 6.62. The number of nitrogens with zero attached hydrogens (tertiary/aromatic N) is 4. The van der Waals surface area contributed by atoms with Crippen molar-refractivity contribution in [3.05, 3.63) is 66.4 Å². The average Bonchev–Trinajstić information content (AvgIpc) is 2.97. The molecule has 0 saturated carbocycles. The van der Waals surface area contributed by atoms with E-state index in [-0.39, 0.29) is 23.9 Å². The van der Waals surface area contributed by atoms with Crippen LogP contribution in [0.25, 0.3) is 10.8 Å². The molecule has 0 radical (unpaired) electrons. The number of benzene rings is 2. The summed E-state index contributed by atoms with van der Waals surface area (Å²) in [4.78, 5) is 37.5. The first-order valence-corrected chi connectivity index (χ1v) is 14.0. The van der Waals surface area contributed by atoms with Gasteiger partial charge in [0, 0.05) is 75.4 Å². The number of aryl methyl sites for hydroxylation is 1. The number of amides is 1. The molecule has 2 aromatic carbocycles. The van der Waals surface area contributed by atoms with E-state index in [1.165, 1.54) is 16.3 Å². The number of carbonyl (C=O) groups excluding carboxylic acids is 2. The molecular weight excluding hydrogens is 474 g/mol. The number of hydrogen-bond donors (Lipinski definition) is 1. The second-order valence-corrected chi connectivity index (χ2v) is 11.0. The largest absolute Gasteiger partial charge is 0.380 e. The fraction of sp³-hybridized carbons (Fsp3) is 0.452. The van der Waals surface area contributed by atoms with E-state index in [9.17, 15) is 9.59 Å². The molecular formula is C31H37N5O2. The van der Waals surface area contributed by atoms with Gasteiger partial charge in [-0.1, -0.05) is 42.5 Å². The van der Waals surface area contributed by atoms with E-state index in [1.807, 2.05) is 11.1 Å². The van der Waals surface area contributed by atoms with Gasteiger partial charge in [-0.15, -0.1) is 0 Å². The minimum Gasteiger partial charge on any atom is -0.380 e. The minimum absolute atomic E-state index is 0.00679. The number of piperidine rings is 1. The summed E-state index contributed by atoms with van der Waals surface area (Å²) >= 11 is 0. The molecule has 1 N–H and O–H groups in total. The van der Waals surface area contributed by atoms with E-state index in [0.29, 0.717) is 18.9 Å². The predicted molar refractivity (Wildman–Crippen MR) is 151 cm³/mol. The van der Waals surface area contributed by atoms with Gasteiger partial charge in [-0.3, -0.25) is 14.5 Å². The highest BCUT2D eigenvalue weighted by Crippen LogP contribution is 2.32. The predicted octanol–water partition coefficient (Wildman–Crippen LogP) is 3.98. The molecule has 2 saturated heterocycles. The second-order valence-electron chi connectivity index (χ2n) is 11.0. The number of rotatable bonds is 5. The Balaban J connectivity index is 1.21. The summed E-state index contributed by atoms with van der Waals surface area (Å²) < 4.78 is 0. The molecule has 38 heavy (non-hydrogen) atoms. The Bertz CT molecular complexity index is 1310. The lowest BCUT2D eigenvalue weighted by Gasteiger charge is -2.45. The Morgan fingerprint density at radius 1 is 0.895 bits per heavy atom. The zero-order chi connectivity index (χ0) is 26.1. The van der Waals surface area contributed by atoms with Crippen molar-refractivity contribution in [2.75, 3.05) is 49.5 Å². The number of ketones is 1. The number of hydrogen-bond acceptors (Lipinski definition) is 6. The van der Waals surface area contributed by atoms with Crippen LogP contribution in [0.2, 0.25) is 0 Å². The monoisotopic (exact) mass is 511 g/mol. The quantitative estimate of drug-likeness (QED) is 0.559. The number of anilines is 2. The molecule has 3 aliphatic rings.